The van der Waals surface area contributed by atoms with Crippen molar-refractivity contribution in [1.82, 2.24) is 5.32 Å². The molecule has 1 unspecified atom stereocenters. The predicted octanol–water partition coefficient (Wildman–Crippen LogP) is 2.77. The van der Waals surface area contributed by atoms with E-state index in [2.05, 4.69) is 12.2 Å². The molecule has 106 valence electrons. The minimum atomic E-state index is -0.810. The van der Waals surface area contributed by atoms with E-state index in [1.807, 2.05) is 38.1 Å². The minimum absolute atomic E-state index is 0.0516. The smallest absolute Gasteiger partial charge is 0.305 e. The molecule has 0 aliphatic heterocycles. The summed E-state index contributed by atoms with van der Waals surface area (Å²) in [5.41, 5.74) is 0.407. The maximum Gasteiger partial charge on any atom is 0.305 e. The number of carboxylic acid groups (broad SMARTS) is 1. The van der Waals surface area contributed by atoms with Crippen LogP contribution < -0.4 is 10.1 Å². The van der Waals surface area contributed by atoms with Gasteiger partial charge in [-0.1, -0.05) is 26.0 Å². The molecule has 4 heteroatoms. The first-order chi connectivity index (χ1) is 9.01. The Kier molecular flexibility index (Phi) is 5.83. The predicted molar refractivity (Wildman–Crippen MR) is 75.5 cm³/mol. The molecule has 0 spiro atoms. The molecule has 0 amide bonds. The van der Waals surface area contributed by atoms with Crippen molar-refractivity contribution in [2.75, 3.05) is 13.2 Å². The Hall–Kier alpha value is -1.55. The zero-order valence-electron chi connectivity index (χ0n) is 11.9. The summed E-state index contributed by atoms with van der Waals surface area (Å²) in [6, 6.07) is 7.64. The van der Waals surface area contributed by atoms with E-state index in [1.165, 1.54) is 0 Å². The lowest BCUT2D eigenvalue weighted by molar-refractivity contribution is -0.138. The third-order valence-electron chi connectivity index (χ3n) is 3.04. The van der Waals surface area contributed by atoms with Crippen LogP contribution in [-0.4, -0.2) is 24.2 Å². The van der Waals surface area contributed by atoms with Gasteiger partial charge in [-0.15, -0.1) is 0 Å². The molecule has 0 radical (unpaired) electrons. The molecule has 4 nitrogen and oxygen atoms in total. The lowest BCUT2D eigenvalue weighted by Crippen LogP contribution is -2.41. The van der Waals surface area contributed by atoms with Gasteiger partial charge >= 0.3 is 5.97 Å². The van der Waals surface area contributed by atoms with E-state index >= 15 is 0 Å². The molecule has 2 N–H and O–H groups in total. The number of ether oxygens (including phenoxy) is 1. The largest absolute Gasteiger partial charge is 0.494 e. The first-order valence-corrected chi connectivity index (χ1v) is 6.72. The summed E-state index contributed by atoms with van der Waals surface area (Å²) in [5, 5.41) is 12.3. The molecule has 0 heterocycles. The van der Waals surface area contributed by atoms with E-state index < -0.39 is 11.5 Å². The zero-order valence-corrected chi connectivity index (χ0v) is 11.9. The van der Waals surface area contributed by atoms with Crippen molar-refractivity contribution in [3.63, 3.8) is 0 Å². The first-order valence-electron chi connectivity index (χ1n) is 6.72. The highest BCUT2D eigenvalue weighted by Gasteiger charge is 2.28. The van der Waals surface area contributed by atoms with E-state index in [9.17, 15) is 4.79 Å². The molecule has 0 saturated heterocycles. The van der Waals surface area contributed by atoms with Crippen LogP contribution in [0.5, 0.6) is 5.75 Å². The SMILES string of the molecule is CCCOc1ccc(C(C)(CC(=O)O)NCC)cc1. The van der Waals surface area contributed by atoms with Gasteiger partial charge in [-0.3, -0.25) is 4.79 Å². The highest BCUT2D eigenvalue weighted by molar-refractivity contribution is 5.68. The van der Waals surface area contributed by atoms with Crippen LogP contribution >= 0.6 is 0 Å². The van der Waals surface area contributed by atoms with Crippen LogP contribution in [0.1, 0.15) is 39.2 Å². The van der Waals surface area contributed by atoms with Crippen LogP contribution in [-0.2, 0) is 10.3 Å². The van der Waals surface area contributed by atoms with Crippen molar-refractivity contribution in [3.8, 4) is 5.75 Å². The lowest BCUT2D eigenvalue weighted by atomic mass is 9.88. The molecule has 1 atom stereocenters. The third-order valence-corrected chi connectivity index (χ3v) is 3.04. The number of hydrogen-bond acceptors (Lipinski definition) is 3. The quantitative estimate of drug-likeness (QED) is 0.759. The molecule has 0 aliphatic rings. The van der Waals surface area contributed by atoms with Crippen molar-refractivity contribution in [2.45, 2.75) is 39.2 Å². The summed E-state index contributed by atoms with van der Waals surface area (Å²) in [6.45, 7) is 7.35. The number of carboxylic acids is 1. The van der Waals surface area contributed by atoms with Crippen LogP contribution in [0.3, 0.4) is 0 Å². The molecule has 0 fully saturated rings. The van der Waals surface area contributed by atoms with Crippen LogP contribution in [0.25, 0.3) is 0 Å². The standard InChI is InChI=1S/C15H23NO3/c1-4-10-19-13-8-6-12(7-9-13)15(3,16-5-2)11-14(17)18/h6-9,16H,4-5,10-11H2,1-3H3,(H,17,18). The van der Waals surface area contributed by atoms with Crippen molar-refractivity contribution < 1.29 is 14.6 Å². The first kappa shape index (κ1) is 15.5. The number of benzene rings is 1. The van der Waals surface area contributed by atoms with Gasteiger partial charge in [0.1, 0.15) is 5.75 Å². The Labute approximate surface area is 114 Å². The van der Waals surface area contributed by atoms with Crippen molar-refractivity contribution in [1.29, 1.82) is 0 Å². The van der Waals surface area contributed by atoms with Crippen LogP contribution in [0, 0.1) is 0 Å². The van der Waals surface area contributed by atoms with Crippen LogP contribution in [0.4, 0.5) is 0 Å². The fourth-order valence-corrected chi connectivity index (χ4v) is 2.10. The normalized spacial score (nSPS) is 13.8. The van der Waals surface area contributed by atoms with Crippen molar-refractivity contribution in [3.05, 3.63) is 29.8 Å². The Balaban J connectivity index is 2.87. The second-order valence-electron chi connectivity index (χ2n) is 4.81. The average molecular weight is 265 g/mol. The molecular formula is C15H23NO3. The molecule has 1 aromatic rings. The second kappa shape index (κ2) is 7.14. The Morgan fingerprint density at radius 3 is 2.42 bits per heavy atom. The van der Waals surface area contributed by atoms with E-state index in [4.69, 9.17) is 9.84 Å². The summed E-state index contributed by atoms with van der Waals surface area (Å²) in [7, 11) is 0. The minimum Gasteiger partial charge on any atom is -0.494 e. The molecule has 0 saturated carbocycles. The molecule has 19 heavy (non-hydrogen) atoms. The lowest BCUT2D eigenvalue weighted by Gasteiger charge is -2.29. The van der Waals surface area contributed by atoms with E-state index in [0.29, 0.717) is 6.61 Å². The zero-order chi connectivity index (χ0) is 14.3. The Morgan fingerprint density at radius 2 is 1.95 bits per heavy atom. The Bertz CT molecular complexity index is 402. The van der Waals surface area contributed by atoms with Crippen molar-refractivity contribution >= 4 is 5.97 Å². The molecule has 0 aliphatic carbocycles. The fourth-order valence-electron chi connectivity index (χ4n) is 2.10. The molecule has 1 aromatic carbocycles. The maximum absolute atomic E-state index is 11.0. The monoisotopic (exact) mass is 265 g/mol. The highest BCUT2D eigenvalue weighted by atomic mass is 16.5. The van der Waals surface area contributed by atoms with Gasteiger partial charge in [0.25, 0.3) is 0 Å². The van der Waals surface area contributed by atoms with E-state index in [0.717, 1.165) is 24.3 Å². The van der Waals surface area contributed by atoms with Gasteiger partial charge < -0.3 is 15.2 Å². The number of aliphatic carboxylic acids is 1. The second-order valence-corrected chi connectivity index (χ2v) is 4.81. The number of nitrogens with one attached hydrogen (secondary N) is 1. The average Bonchev–Trinajstić information content (AvgIpc) is 2.36. The van der Waals surface area contributed by atoms with Crippen molar-refractivity contribution in [2.24, 2.45) is 0 Å². The summed E-state index contributed by atoms with van der Waals surface area (Å²) in [6.07, 6.45) is 1.02. The third kappa shape index (κ3) is 4.56. The van der Waals surface area contributed by atoms with E-state index in [1.54, 1.807) is 0 Å². The summed E-state index contributed by atoms with van der Waals surface area (Å²) < 4.78 is 5.53. The highest BCUT2D eigenvalue weighted by Crippen LogP contribution is 2.26. The summed E-state index contributed by atoms with van der Waals surface area (Å²) in [5.74, 6) is 0.00883. The maximum atomic E-state index is 11.0. The van der Waals surface area contributed by atoms with Gasteiger partial charge in [0.2, 0.25) is 0 Å². The van der Waals surface area contributed by atoms with Gasteiger partial charge in [-0.05, 0) is 37.6 Å². The van der Waals surface area contributed by atoms with Gasteiger partial charge in [-0.2, -0.15) is 0 Å². The summed E-state index contributed by atoms with van der Waals surface area (Å²) >= 11 is 0. The topological polar surface area (TPSA) is 58.6 Å². The molecule has 0 bridgehead atoms. The van der Waals surface area contributed by atoms with Crippen LogP contribution in [0.15, 0.2) is 24.3 Å². The molecule has 0 aromatic heterocycles. The van der Waals surface area contributed by atoms with Gasteiger partial charge in [0.15, 0.2) is 0 Å². The van der Waals surface area contributed by atoms with Gasteiger partial charge in [0, 0.05) is 0 Å². The number of rotatable bonds is 8. The van der Waals surface area contributed by atoms with E-state index in [-0.39, 0.29) is 6.42 Å². The fraction of sp³-hybridized carbons (Fsp3) is 0.533. The van der Waals surface area contributed by atoms with Gasteiger partial charge in [0.05, 0.1) is 18.6 Å². The Morgan fingerprint density at radius 1 is 1.32 bits per heavy atom. The summed E-state index contributed by atoms with van der Waals surface area (Å²) in [4.78, 5) is 11.0. The number of hydrogen-bond donors (Lipinski definition) is 2. The number of carbonyl (C=O) groups is 1. The molecule has 1 rings (SSSR count). The van der Waals surface area contributed by atoms with Crippen LogP contribution in [0.2, 0.25) is 0 Å². The molecular weight excluding hydrogens is 242 g/mol. The van der Waals surface area contributed by atoms with Gasteiger partial charge in [-0.25, -0.2) is 0 Å².